The van der Waals surface area contributed by atoms with Crippen LogP contribution in [-0.2, 0) is 11.3 Å². The van der Waals surface area contributed by atoms with E-state index >= 15 is 0 Å². The number of anilines is 1. The van der Waals surface area contributed by atoms with Crippen LogP contribution < -0.4 is 9.64 Å². The van der Waals surface area contributed by atoms with Crippen molar-refractivity contribution in [2.75, 3.05) is 38.2 Å². The second-order valence-corrected chi connectivity index (χ2v) is 7.50. The average Bonchev–Trinajstić information content (AvgIpc) is 2.94. The van der Waals surface area contributed by atoms with Gasteiger partial charge in [-0.1, -0.05) is 17.7 Å². The van der Waals surface area contributed by atoms with Gasteiger partial charge < -0.3 is 19.1 Å². The Labute approximate surface area is 170 Å². The molecule has 0 atom stereocenters. The first-order valence-electron chi connectivity index (χ1n) is 9.55. The van der Waals surface area contributed by atoms with Gasteiger partial charge in [-0.25, -0.2) is 0 Å². The third-order valence-electron chi connectivity index (χ3n) is 5.33. The van der Waals surface area contributed by atoms with Gasteiger partial charge in [-0.2, -0.15) is 0 Å². The van der Waals surface area contributed by atoms with Crippen LogP contribution in [0.3, 0.4) is 0 Å². The number of aromatic nitrogens is 1. The van der Waals surface area contributed by atoms with Gasteiger partial charge in [0.15, 0.2) is 0 Å². The first kappa shape index (κ1) is 18.7. The molecule has 6 heteroatoms. The molecule has 3 aromatic rings. The molecule has 4 rings (SSSR count). The average molecular weight is 398 g/mol. The van der Waals surface area contributed by atoms with Crippen LogP contribution in [0, 0.1) is 0 Å². The molecule has 1 aliphatic rings. The number of hydrogen-bond acceptors (Lipinski definition) is 3. The summed E-state index contributed by atoms with van der Waals surface area (Å²) in [5, 5.41) is 1.78. The van der Waals surface area contributed by atoms with E-state index in [-0.39, 0.29) is 5.91 Å². The number of methoxy groups -OCH3 is 1. The number of benzene rings is 2. The van der Waals surface area contributed by atoms with Gasteiger partial charge in [0, 0.05) is 48.6 Å². The van der Waals surface area contributed by atoms with Crippen molar-refractivity contribution >= 4 is 34.1 Å². The van der Waals surface area contributed by atoms with E-state index in [0.717, 1.165) is 49.3 Å². The van der Waals surface area contributed by atoms with Gasteiger partial charge >= 0.3 is 0 Å². The topological polar surface area (TPSA) is 37.7 Å². The fraction of sp³-hybridized carbons (Fsp3) is 0.318. The third-order valence-corrected chi connectivity index (χ3v) is 5.56. The van der Waals surface area contributed by atoms with Crippen molar-refractivity contribution in [3.8, 4) is 5.75 Å². The lowest BCUT2D eigenvalue weighted by atomic mass is 10.2. The second kappa shape index (κ2) is 8.15. The van der Waals surface area contributed by atoms with E-state index in [1.54, 1.807) is 7.11 Å². The maximum absolute atomic E-state index is 12.9. The van der Waals surface area contributed by atoms with E-state index < -0.39 is 0 Å². The summed E-state index contributed by atoms with van der Waals surface area (Å²) in [7, 11) is 1.67. The van der Waals surface area contributed by atoms with Crippen LogP contribution in [0.15, 0.2) is 54.7 Å². The minimum Gasteiger partial charge on any atom is -0.497 e. The quantitative estimate of drug-likeness (QED) is 0.666. The molecule has 2 heterocycles. The lowest BCUT2D eigenvalue weighted by molar-refractivity contribution is -0.131. The van der Waals surface area contributed by atoms with Gasteiger partial charge in [0.05, 0.1) is 7.11 Å². The molecular formula is C22H24ClN3O2. The summed E-state index contributed by atoms with van der Waals surface area (Å²) in [4.78, 5) is 17.2. The molecule has 2 aromatic carbocycles. The smallest absolute Gasteiger partial charge is 0.242 e. The maximum Gasteiger partial charge on any atom is 0.242 e. The predicted octanol–water partition coefficient (Wildman–Crippen LogP) is 4.04. The zero-order chi connectivity index (χ0) is 19.5. The first-order valence-corrected chi connectivity index (χ1v) is 9.93. The summed E-state index contributed by atoms with van der Waals surface area (Å²) in [6.07, 6.45) is 2.91. The van der Waals surface area contributed by atoms with Crippen LogP contribution in [0.4, 0.5) is 5.69 Å². The van der Waals surface area contributed by atoms with Crippen molar-refractivity contribution in [1.29, 1.82) is 0 Å². The van der Waals surface area contributed by atoms with Gasteiger partial charge in [-0.05, 0) is 54.3 Å². The highest BCUT2D eigenvalue weighted by Gasteiger charge is 2.20. The van der Waals surface area contributed by atoms with Gasteiger partial charge in [-0.15, -0.1) is 0 Å². The van der Waals surface area contributed by atoms with Gasteiger partial charge in [0.25, 0.3) is 0 Å². The number of nitrogens with zero attached hydrogens (tertiary/aromatic N) is 3. The largest absolute Gasteiger partial charge is 0.497 e. The molecule has 1 amide bonds. The zero-order valence-corrected chi connectivity index (χ0v) is 16.7. The number of carbonyl (C=O) groups excluding carboxylic acids is 1. The van der Waals surface area contributed by atoms with E-state index in [9.17, 15) is 4.79 Å². The minimum atomic E-state index is 0.147. The third kappa shape index (κ3) is 3.94. The Hall–Kier alpha value is -2.66. The van der Waals surface area contributed by atoms with E-state index in [2.05, 4.69) is 17.0 Å². The SMILES string of the molecule is COc1ccc(N2CCCN(C(=O)Cn3ccc4ccc(Cl)cc43)CC2)cc1. The fourth-order valence-electron chi connectivity index (χ4n) is 3.76. The molecule has 1 fully saturated rings. The van der Waals surface area contributed by atoms with Crippen LogP contribution in [0.25, 0.3) is 10.9 Å². The van der Waals surface area contributed by atoms with Gasteiger partial charge in [-0.3, -0.25) is 4.79 Å². The summed E-state index contributed by atoms with van der Waals surface area (Å²) in [5.74, 6) is 1.00. The number of halogens is 1. The van der Waals surface area contributed by atoms with Crippen LogP contribution in [0.2, 0.25) is 5.02 Å². The molecule has 1 aromatic heterocycles. The molecule has 0 bridgehead atoms. The Kier molecular flexibility index (Phi) is 5.44. The molecule has 0 spiro atoms. The van der Waals surface area contributed by atoms with Crippen LogP contribution in [-0.4, -0.2) is 48.7 Å². The predicted molar refractivity (Wildman–Crippen MR) is 113 cm³/mol. The summed E-state index contributed by atoms with van der Waals surface area (Å²) < 4.78 is 7.22. The number of carbonyl (C=O) groups is 1. The number of amides is 1. The highest BCUT2D eigenvalue weighted by atomic mass is 35.5. The summed E-state index contributed by atoms with van der Waals surface area (Å²) in [6, 6.07) is 15.9. The highest BCUT2D eigenvalue weighted by Crippen LogP contribution is 2.22. The molecule has 0 aliphatic carbocycles. The van der Waals surface area contributed by atoms with Crippen molar-refractivity contribution in [3.63, 3.8) is 0 Å². The van der Waals surface area contributed by atoms with Gasteiger partial charge in [0.2, 0.25) is 5.91 Å². The Morgan fingerprint density at radius 1 is 1.04 bits per heavy atom. The molecule has 28 heavy (non-hydrogen) atoms. The van der Waals surface area contributed by atoms with Crippen LogP contribution in [0.1, 0.15) is 6.42 Å². The Morgan fingerprint density at radius 3 is 2.64 bits per heavy atom. The summed E-state index contributed by atoms with van der Waals surface area (Å²) in [5.41, 5.74) is 2.16. The Morgan fingerprint density at radius 2 is 1.86 bits per heavy atom. The monoisotopic (exact) mass is 397 g/mol. The summed E-state index contributed by atoms with van der Waals surface area (Å²) in [6.45, 7) is 3.62. The molecule has 0 radical (unpaired) electrons. The molecule has 1 saturated heterocycles. The molecule has 0 N–H and O–H groups in total. The minimum absolute atomic E-state index is 0.147. The molecular weight excluding hydrogens is 374 g/mol. The zero-order valence-electron chi connectivity index (χ0n) is 16.0. The van der Waals surface area contributed by atoms with Crippen molar-refractivity contribution in [2.45, 2.75) is 13.0 Å². The normalized spacial score (nSPS) is 14.9. The van der Waals surface area contributed by atoms with Crippen molar-refractivity contribution in [1.82, 2.24) is 9.47 Å². The fourth-order valence-corrected chi connectivity index (χ4v) is 3.93. The highest BCUT2D eigenvalue weighted by molar-refractivity contribution is 6.31. The molecule has 146 valence electrons. The van der Waals surface area contributed by atoms with Crippen molar-refractivity contribution in [3.05, 3.63) is 59.8 Å². The van der Waals surface area contributed by atoms with Gasteiger partial charge in [0.1, 0.15) is 12.3 Å². The van der Waals surface area contributed by atoms with E-state index in [1.807, 2.05) is 52.1 Å². The second-order valence-electron chi connectivity index (χ2n) is 7.07. The molecule has 0 saturated carbocycles. The first-order chi connectivity index (χ1) is 13.6. The Balaban J connectivity index is 1.41. The molecule has 1 aliphatic heterocycles. The van der Waals surface area contributed by atoms with Crippen LogP contribution in [0.5, 0.6) is 5.75 Å². The molecule has 0 unspecified atom stereocenters. The van der Waals surface area contributed by atoms with E-state index in [4.69, 9.17) is 16.3 Å². The number of fused-ring (bicyclic) bond motifs is 1. The van der Waals surface area contributed by atoms with Crippen molar-refractivity contribution in [2.24, 2.45) is 0 Å². The molecule has 5 nitrogen and oxygen atoms in total. The number of rotatable bonds is 4. The lowest BCUT2D eigenvalue weighted by Gasteiger charge is -2.24. The number of ether oxygens (including phenoxy) is 1. The van der Waals surface area contributed by atoms with Crippen LogP contribution >= 0.6 is 11.6 Å². The number of hydrogen-bond donors (Lipinski definition) is 0. The standard InChI is InChI=1S/C22H24ClN3O2/c1-28-20-7-5-19(6-8-20)24-10-2-11-25(14-13-24)22(27)16-26-12-9-17-3-4-18(23)15-21(17)26/h3-9,12,15H,2,10-11,13-14,16H2,1H3. The maximum atomic E-state index is 12.9. The van der Waals surface area contributed by atoms with E-state index in [0.29, 0.717) is 11.6 Å². The van der Waals surface area contributed by atoms with E-state index in [1.165, 1.54) is 5.69 Å². The lowest BCUT2D eigenvalue weighted by Crippen LogP contribution is -2.37. The summed E-state index contributed by atoms with van der Waals surface area (Å²) >= 11 is 6.13. The van der Waals surface area contributed by atoms with Crippen molar-refractivity contribution < 1.29 is 9.53 Å². The Bertz CT molecular complexity index is 968.